The molecule has 11 heteroatoms. The molecule has 7 nitrogen and oxygen atoms in total. The predicted molar refractivity (Wildman–Crippen MR) is 126 cm³/mol. The summed E-state index contributed by atoms with van der Waals surface area (Å²) in [6.07, 6.45) is 1.13. The molecule has 4 rings (SSSR count). The van der Waals surface area contributed by atoms with Crippen LogP contribution in [-0.2, 0) is 24.1 Å². The summed E-state index contributed by atoms with van der Waals surface area (Å²) in [4.78, 5) is 29.1. The fourth-order valence-electron chi connectivity index (χ4n) is 3.44. The van der Waals surface area contributed by atoms with Gasteiger partial charge in [-0.3, -0.25) is 14.2 Å². The molecule has 1 amide bonds. The maximum absolute atomic E-state index is 13.0. The molecule has 0 aliphatic carbocycles. The predicted octanol–water partition coefficient (Wildman–Crippen LogP) is 4.14. The quantitative estimate of drug-likeness (QED) is 0.386. The minimum atomic E-state index is -4.47. The first-order chi connectivity index (χ1) is 16.7. The molecule has 0 spiro atoms. The van der Waals surface area contributed by atoms with Crippen LogP contribution in [0.4, 0.5) is 13.2 Å². The van der Waals surface area contributed by atoms with E-state index < -0.39 is 17.3 Å². The standard InChI is InChI=1S/C24H19ClF3N5O2/c25-20-7-2-1-5-17(20)8-9-21(34)29-10-11-33-22-19(13-31-33)23(35)32(15-30-22)14-16-4-3-6-18(12-16)24(26,27)28/h1-9,12-13,15H,10-11,14H2,(H,29,34)/b9-8+. The molecule has 180 valence electrons. The number of carbonyl (C=O) groups excluding carboxylic acids is 1. The van der Waals surface area contributed by atoms with Gasteiger partial charge in [-0.05, 0) is 35.4 Å². The number of benzene rings is 2. The fraction of sp³-hybridized carbons (Fsp3) is 0.167. The Balaban J connectivity index is 1.41. The van der Waals surface area contributed by atoms with E-state index in [9.17, 15) is 22.8 Å². The lowest BCUT2D eigenvalue weighted by Crippen LogP contribution is -2.26. The third kappa shape index (κ3) is 5.78. The van der Waals surface area contributed by atoms with Gasteiger partial charge in [-0.2, -0.15) is 18.3 Å². The molecule has 0 saturated carbocycles. The molecule has 4 aromatic rings. The monoisotopic (exact) mass is 501 g/mol. The summed E-state index contributed by atoms with van der Waals surface area (Å²) in [5.41, 5.74) is 0.145. The number of nitrogens with one attached hydrogen (secondary N) is 1. The van der Waals surface area contributed by atoms with E-state index in [1.807, 2.05) is 6.07 Å². The van der Waals surface area contributed by atoms with Crippen LogP contribution in [0.2, 0.25) is 5.02 Å². The largest absolute Gasteiger partial charge is 0.416 e. The van der Waals surface area contributed by atoms with Gasteiger partial charge in [-0.1, -0.05) is 41.9 Å². The van der Waals surface area contributed by atoms with E-state index in [2.05, 4.69) is 15.4 Å². The molecule has 2 heterocycles. The summed E-state index contributed by atoms with van der Waals surface area (Å²) in [7, 11) is 0. The molecule has 1 N–H and O–H groups in total. The van der Waals surface area contributed by atoms with Crippen LogP contribution in [0.3, 0.4) is 0 Å². The van der Waals surface area contributed by atoms with Gasteiger partial charge in [0.1, 0.15) is 11.7 Å². The van der Waals surface area contributed by atoms with Gasteiger partial charge in [0.25, 0.3) is 5.56 Å². The Kier molecular flexibility index (Phi) is 7.02. The maximum atomic E-state index is 13.0. The lowest BCUT2D eigenvalue weighted by molar-refractivity contribution is -0.137. The number of alkyl halides is 3. The number of fused-ring (bicyclic) bond motifs is 1. The van der Waals surface area contributed by atoms with Crippen LogP contribution in [0.1, 0.15) is 16.7 Å². The average Bonchev–Trinajstić information content (AvgIpc) is 3.24. The average molecular weight is 502 g/mol. The van der Waals surface area contributed by atoms with Crippen LogP contribution in [0.25, 0.3) is 17.1 Å². The SMILES string of the molecule is O=C(/C=C/c1ccccc1Cl)NCCn1ncc2c(=O)n(Cc3cccc(C(F)(F)F)c3)cnc21. The van der Waals surface area contributed by atoms with E-state index in [1.54, 1.807) is 24.3 Å². The summed E-state index contributed by atoms with van der Waals surface area (Å²) >= 11 is 6.06. The molecular formula is C24H19ClF3N5O2. The van der Waals surface area contributed by atoms with Crippen molar-refractivity contribution in [3.63, 3.8) is 0 Å². The van der Waals surface area contributed by atoms with Crippen LogP contribution in [0.15, 0.2) is 71.9 Å². The van der Waals surface area contributed by atoms with Crippen LogP contribution in [0, 0.1) is 0 Å². The number of halogens is 4. The Morgan fingerprint density at radius 2 is 1.94 bits per heavy atom. The van der Waals surface area contributed by atoms with Gasteiger partial charge >= 0.3 is 6.18 Å². The second-order valence-electron chi connectivity index (χ2n) is 7.63. The number of rotatable bonds is 7. The van der Waals surface area contributed by atoms with Crippen LogP contribution < -0.4 is 10.9 Å². The van der Waals surface area contributed by atoms with E-state index >= 15 is 0 Å². The normalized spacial score (nSPS) is 11.9. The van der Waals surface area contributed by atoms with E-state index in [0.717, 1.165) is 12.1 Å². The molecule has 0 radical (unpaired) electrons. The highest BCUT2D eigenvalue weighted by Gasteiger charge is 2.30. The zero-order valence-electron chi connectivity index (χ0n) is 18.2. The molecular weight excluding hydrogens is 483 g/mol. The Morgan fingerprint density at radius 1 is 1.14 bits per heavy atom. The van der Waals surface area contributed by atoms with Crippen LogP contribution in [-0.4, -0.2) is 31.8 Å². The van der Waals surface area contributed by atoms with Gasteiger partial charge in [0.05, 0.1) is 24.8 Å². The number of hydrogen-bond acceptors (Lipinski definition) is 4. The Hall–Kier alpha value is -3.92. The van der Waals surface area contributed by atoms with Crippen molar-refractivity contribution in [2.75, 3.05) is 6.54 Å². The van der Waals surface area contributed by atoms with E-state index in [1.165, 1.54) is 40.0 Å². The number of aromatic nitrogens is 4. The van der Waals surface area contributed by atoms with Crippen molar-refractivity contribution in [2.45, 2.75) is 19.3 Å². The third-order valence-corrected chi connectivity index (χ3v) is 5.52. The van der Waals surface area contributed by atoms with Crippen molar-refractivity contribution in [3.05, 3.63) is 99.2 Å². The third-order valence-electron chi connectivity index (χ3n) is 5.17. The molecule has 0 bridgehead atoms. The van der Waals surface area contributed by atoms with Gasteiger partial charge in [-0.15, -0.1) is 0 Å². The highest BCUT2D eigenvalue weighted by Crippen LogP contribution is 2.29. The molecule has 35 heavy (non-hydrogen) atoms. The van der Waals surface area contributed by atoms with E-state index in [4.69, 9.17) is 11.6 Å². The fourth-order valence-corrected chi connectivity index (χ4v) is 3.63. The molecule has 0 atom stereocenters. The van der Waals surface area contributed by atoms with Gasteiger partial charge in [-0.25, -0.2) is 9.67 Å². The summed E-state index contributed by atoms with van der Waals surface area (Å²) in [5.74, 6) is -0.321. The van der Waals surface area contributed by atoms with Crippen molar-refractivity contribution >= 4 is 34.6 Å². The summed E-state index contributed by atoms with van der Waals surface area (Å²) in [5, 5.41) is 7.63. The minimum Gasteiger partial charge on any atom is -0.351 e. The van der Waals surface area contributed by atoms with Crippen molar-refractivity contribution in [1.29, 1.82) is 0 Å². The van der Waals surface area contributed by atoms with Gasteiger partial charge in [0.2, 0.25) is 5.91 Å². The van der Waals surface area contributed by atoms with Crippen LogP contribution >= 0.6 is 11.6 Å². The Labute approximate surface area is 202 Å². The first-order valence-corrected chi connectivity index (χ1v) is 10.9. The number of nitrogens with zero attached hydrogens (tertiary/aromatic N) is 4. The molecule has 0 aliphatic rings. The van der Waals surface area contributed by atoms with Gasteiger partial charge < -0.3 is 5.32 Å². The number of amides is 1. The highest BCUT2D eigenvalue weighted by atomic mass is 35.5. The zero-order chi connectivity index (χ0) is 25.0. The van der Waals surface area contributed by atoms with Crippen molar-refractivity contribution in [1.82, 2.24) is 24.6 Å². The van der Waals surface area contributed by atoms with Crippen molar-refractivity contribution in [2.24, 2.45) is 0 Å². The molecule has 0 unspecified atom stereocenters. The number of carbonyl (C=O) groups is 1. The van der Waals surface area contributed by atoms with Crippen LogP contribution in [0.5, 0.6) is 0 Å². The lowest BCUT2D eigenvalue weighted by Gasteiger charge is -2.10. The summed E-state index contributed by atoms with van der Waals surface area (Å²) in [6, 6.07) is 11.9. The second kappa shape index (κ2) is 10.1. The first-order valence-electron chi connectivity index (χ1n) is 10.5. The molecule has 0 saturated heterocycles. The zero-order valence-corrected chi connectivity index (χ0v) is 18.9. The molecule has 2 aromatic carbocycles. The summed E-state index contributed by atoms with van der Waals surface area (Å²) in [6.45, 7) is 0.432. The lowest BCUT2D eigenvalue weighted by atomic mass is 10.1. The molecule has 0 fully saturated rings. The summed E-state index contributed by atoms with van der Waals surface area (Å²) < 4.78 is 41.6. The molecule has 0 aliphatic heterocycles. The minimum absolute atomic E-state index is 0.0648. The van der Waals surface area contributed by atoms with E-state index in [-0.39, 0.29) is 30.9 Å². The smallest absolute Gasteiger partial charge is 0.351 e. The van der Waals surface area contributed by atoms with Crippen molar-refractivity contribution in [3.8, 4) is 0 Å². The van der Waals surface area contributed by atoms with E-state index in [0.29, 0.717) is 21.8 Å². The molecule has 2 aromatic heterocycles. The second-order valence-corrected chi connectivity index (χ2v) is 8.03. The Bertz CT molecular complexity index is 1460. The Morgan fingerprint density at radius 3 is 2.71 bits per heavy atom. The topological polar surface area (TPSA) is 81.8 Å². The highest BCUT2D eigenvalue weighted by molar-refractivity contribution is 6.32. The van der Waals surface area contributed by atoms with Crippen molar-refractivity contribution < 1.29 is 18.0 Å². The maximum Gasteiger partial charge on any atom is 0.416 e. The number of hydrogen-bond donors (Lipinski definition) is 1. The van der Waals surface area contributed by atoms with Gasteiger partial charge in [0, 0.05) is 17.6 Å². The van der Waals surface area contributed by atoms with Gasteiger partial charge in [0.15, 0.2) is 5.65 Å². The first kappa shape index (κ1) is 24.2.